The van der Waals surface area contributed by atoms with Crippen molar-refractivity contribution in [3.05, 3.63) is 65.5 Å². The van der Waals surface area contributed by atoms with Crippen LogP contribution in [0.4, 0.5) is 10.1 Å². The molecular formula is C19H23FN6S. The Balaban J connectivity index is 1.54. The predicted molar refractivity (Wildman–Crippen MR) is 108 cm³/mol. The SMILES string of the molecule is Cc1nn(Cc2ccc(F)cc2)c(C)c1NC(=S)NCCCn1cccn1. The third-order valence-corrected chi connectivity index (χ3v) is 4.52. The third-order valence-electron chi connectivity index (χ3n) is 4.27. The highest BCUT2D eigenvalue weighted by Crippen LogP contribution is 2.20. The van der Waals surface area contributed by atoms with Crippen LogP contribution in [-0.4, -0.2) is 31.2 Å². The Morgan fingerprint density at radius 3 is 2.70 bits per heavy atom. The highest BCUT2D eigenvalue weighted by atomic mass is 32.1. The summed E-state index contributed by atoms with van der Waals surface area (Å²) in [6.45, 7) is 6.12. The van der Waals surface area contributed by atoms with Crippen LogP contribution in [-0.2, 0) is 13.1 Å². The fourth-order valence-corrected chi connectivity index (χ4v) is 3.03. The highest BCUT2D eigenvalue weighted by Gasteiger charge is 2.13. The van der Waals surface area contributed by atoms with Crippen molar-refractivity contribution in [3.63, 3.8) is 0 Å². The van der Waals surface area contributed by atoms with E-state index in [1.165, 1.54) is 12.1 Å². The van der Waals surface area contributed by atoms with Crippen LogP contribution in [0.25, 0.3) is 0 Å². The van der Waals surface area contributed by atoms with Crippen LogP contribution in [0.1, 0.15) is 23.4 Å². The molecule has 2 N–H and O–H groups in total. The van der Waals surface area contributed by atoms with Crippen molar-refractivity contribution in [1.29, 1.82) is 0 Å². The molecule has 0 bridgehead atoms. The van der Waals surface area contributed by atoms with Crippen LogP contribution in [0.3, 0.4) is 0 Å². The maximum absolute atomic E-state index is 13.1. The van der Waals surface area contributed by atoms with Gasteiger partial charge in [-0.1, -0.05) is 12.1 Å². The number of hydrogen-bond acceptors (Lipinski definition) is 3. The number of anilines is 1. The van der Waals surface area contributed by atoms with Crippen molar-refractivity contribution in [3.8, 4) is 0 Å². The van der Waals surface area contributed by atoms with Gasteiger partial charge in [0.05, 0.1) is 23.6 Å². The lowest BCUT2D eigenvalue weighted by atomic mass is 10.2. The summed E-state index contributed by atoms with van der Waals surface area (Å²) in [6, 6.07) is 8.37. The Hall–Kier alpha value is -2.74. The number of aromatic nitrogens is 4. The minimum atomic E-state index is -0.238. The van der Waals surface area contributed by atoms with E-state index in [0.29, 0.717) is 11.7 Å². The molecule has 0 aliphatic carbocycles. The van der Waals surface area contributed by atoms with Crippen LogP contribution < -0.4 is 10.6 Å². The molecule has 142 valence electrons. The van der Waals surface area contributed by atoms with Gasteiger partial charge in [0.15, 0.2) is 5.11 Å². The van der Waals surface area contributed by atoms with Crippen LogP contribution >= 0.6 is 12.2 Å². The summed E-state index contributed by atoms with van der Waals surface area (Å²) in [5.74, 6) is -0.238. The van der Waals surface area contributed by atoms with Crippen molar-refractivity contribution in [2.45, 2.75) is 33.4 Å². The minimum Gasteiger partial charge on any atom is -0.362 e. The fraction of sp³-hybridized carbons (Fsp3) is 0.316. The molecule has 3 rings (SSSR count). The number of nitrogens with one attached hydrogen (secondary N) is 2. The van der Waals surface area contributed by atoms with Gasteiger partial charge in [-0.25, -0.2) is 4.39 Å². The van der Waals surface area contributed by atoms with Gasteiger partial charge in [-0.05, 0) is 56.2 Å². The first-order valence-electron chi connectivity index (χ1n) is 8.83. The molecule has 0 saturated heterocycles. The lowest BCUT2D eigenvalue weighted by Crippen LogP contribution is -2.30. The summed E-state index contributed by atoms with van der Waals surface area (Å²) in [5.41, 5.74) is 3.75. The Morgan fingerprint density at radius 2 is 2.00 bits per heavy atom. The van der Waals surface area contributed by atoms with Crippen LogP contribution in [0.5, 0.6) is 0 Å². The minimum absolute atomic E-state index is 0.238. The zero-order valence-electron chi connectivity index (χ0n) is 15.4. The molecule has 0 fully saturated rings. The lowest BCUT2D eigenvalue weighted by Gasteiger charge is -2.11. The van der Waals surface area contributed by atoms with Gasteiger partial charge in [0.2, 0.25) is 0 Å². The summed E-state index contributed by atoms with van der Waals surface area (Å²) in [7, 11) is 0. The molecule has 0 spiro atoms. The molecule has 27 heavy (non-hydrogen) atoms. The van der Waals surface area contributed by atoms with Gasteiger partial charge in [0.25, 0.3) is 0 Å². The topological polar surface area (TPSA) is 59.7 Å². The average molecular weight is 387 g/mol. The molecule has 6 nitrogen and oxygen atoms in total. The molecule has 0 saturated carbocycles. The number of aryl methyl sites for hydroxylation is 2. The van der Waals surface area contributed by atoms with Crippen LogP contribution in [0.2, 0.25) is 0 Å². The Bertz CT molecular complexity index is 886. The molecule has 0 aliphatic heterocycles. The van der Waals surface area contributed by atoms with Gasteiger partial charge < -0.3 is 10.6 Å². The first kappa shape index (κ1) is 19.0. The third kappa shape index (κ3) is 5.13. The molecule has 0 atom stereocenters. The predicted octanol–water partition coefficient (Wildman–Crippen LogP) is 3.26. The second-order valence-electron chi connectivity index (χ2n) is 6.33. The van der Waals surface area contributed by atoms with Gasteiger partial charge in [0.1, 0.15) is 5.82 Å². The van der Waals surface area contributed by atoms with E-state index in [1.807, 2.05) is 35.5 Å². The van der Waals surface area contributed by atoms with Gasteiger partial charge in [0, 0.05) is 25.5 Å². The molecule has 0 radical (unpaired) electrons. The number of benzene rings is 1. The number of thiocarbonyl (C=S) groups is 1. The van der Waals surface area contributed by atoms with Crippen LogP contribution in [0, 0.1) is 19.7 Å². The molecule has 1 aromatic carbocycles. The van der Waals surface area contributed by atoms with Crippen molar-refractivity contribution in [2.75, 3.05) is 11.9 Å². The number of rotatable bonds is 7. The Labute approximate surface area is 163 Å². The van der Waals surface area contributed by atoms with Crippen LogP contribution in [0.15, 0.2) is 42.7 Å². The molecule has 0 aliphatic rings. The van der Waals surface area contributed by atoms with E-state index in [1.54, 1.807) is 18.3 Å². The molecule has 2 aromatic heterocycles. The molecule has 0 unspecified atom stereocenters. The number of nitrogens with zero attached hydrogens (tertiary/aromatic N) is 4. The zero-order chi connectivity index (χ0) is 19.2. The van der Waals surface area contributed by atoms with E-state index < -0.39 is 0 Å². The first-order valence-corrected chi connectivity index (χ1v) is 9.24. The average Bonchev–Trinajstić information content (AvgIpc) is 3.25. The first-order chi connectivity index (χ1) is 13.0. The summed E-state index contributed by atoms with van der Waals surface area (Å²) >= 11 is 5.40. The molecule has 0 amide bonds. The van der Waals surface area contributed by atoms with Gasteiger partial charge in [-0.15, -0.1) is 0 Å². The summed E-state index contributed by atoms with van der Waals surface area (Å²) in [5, 5.41) is 15.8. The standard InChI is InChI=1S/C19H23FN6S/c1-14-18(23-19(27)21-9-3-11-25-12-4-10-22-25)15(2)26(24-14)13-16-5-7-17(20)8-6-16/h4-8,10,12H,3,9,11,13H2,1-2H3,(H2,21,23,27). The van der Waals surface area contributed by atoms with Gasteiger partial charge in [-0.2, -0.15) is 10.2 Å². The second kappa shape index (κ2) is 8.77. The zero-order valence-corrected chi connectivity index (χ0v) is 16.3. The number of hydrogen-bond donors (Lipinski definition) is 2. The van der Waals surface area contributed by atoms with Crippen molar-refractivity contribution in [2.24, 2.45) is 0 Å². The highest BCUT2D eigenvalue weighted by molar-refractivity contribution is 7.80. The van der Waals surface area contributed by atoms with E-state index >= 15 is 0 Å². The Kier molecular flexibility index (Phi) is 6.18. The van der Waals surface area contributed by atoms with E-state index in [2.05, 4.69) is 20.8 Å². The van der Waals surface area contributed by atoms with Gasteiger partial charge in [-0.3, -0.25) is 9.36 Å². The summed E-state index contributed by atoms with van der Waals surface area (Å²) in [6.07, 6.45) is 4.64. The van der Waals surface area contributed by atoms with Crippen molar-refractivity contribution < 1.29 is 4.39 Å². The van der Waals surface area contributed by atoms with Crippen molar-refractivity contribution in [1.82, 2.24) is 24.9 Å². The summed E-state index contributed by atoms with van der Waals surface area (Å²) < 4.78 is 16.9. The lowest BCUT2D eigenvalue weighted by molar-refractivity contribution is 0.574. The Morgan fingerprint density at radius 1 is 1.22 bits per heavy atom. The molecular weight excluding hydrogens is 363 g/mol. The van der Waals surface area contributed by atoms with E-state index in [4.69, 9.17) is 12.2 Å². The van der Waals surface area contributed by atoms with Gasteiger partial charge >= 0.3 is 0 Å². The normalized spacial score (nSPS) is 10.8. The second-order valence-corrected chi connectivity index (χ2v) is 6.74. The smallest absolute Gasteiger partial charge is 0.170 e. The van der Waals surface area contributed by atoms with E-state index in [0.717, 1.165) is 42.1 Å². The van der Waals surface area contributed by atoms with E-state index in [9.17, 15) is 4.39 Å². The quantitative estimate of drug-likeness (QED) is 0.482. The maximum Gasteiger partial charge on any atom is 0.170 e. The van der Waals surface area contributed by atoms with E-state index in [-0.39, 0.29) is 5.82 Å². The largest absolute Gasteiger partial charge is 0.362 e. The fourth-order valence-electron chi connectivity index (χ4n) is 2.83. The summed E-state index contributed by atoms with van der Waals surface area (Å²) in [4.78, 5) is 0. The van der Waals surface area contributed by atoms with Crippen molar-refractivity contribution >= 4 is 23.0 Å². The number of halogens is 1. The molecule has 3 aromatic rings. The molecule has 8 heteroatoms. The monoisotopic (exact) mass is 386 g/mol. The molecule has 2 heterocycles. The maximum atomic E-state index is 13.1.